The molecule has 3 rings (SSSR count). The second-order valence-corrected chi connectivity index (χ2v) is 7.51. The Hall–Kier alpha value is -0.610. The minimum absolute atomic E-state index is 0.130. The molecular formula is C16H28N2O2. The van der Waals surface area contributed by atoms with Crippen LogP contribution in [0.1, 0.15) is 33.1 Å². The van der Waals surface area contributed by atoms with E-state index < -0.39 is 0 Å². The average molecular weight is 280 g/mol. The lowest BCUT2D eigenvalue weighted by molar-refractivity contribution is -0.135. The van der Waals surface area contributed by atoms with Gasteiger partial charge in [0.2, 0.25) is 5.91 Å². The van der Waals surface area contributed by atoms with Gasteiger partial charge in [0.1, 0.15) is 0 Å². The zero-order chi connectivity index (χ0) is 14.3. The van der Waals surface area contributed by atoms with Gasteiger partial charge in [-0.3, -0.25) is 9.69 Å². The van der Waals surface area contributed by atoms with E-state index in [-0.39, 0.29) is 12.0 Å². The third-order valence-electron chi connectivity index (χ3n) is 5.48. The summed E-state index contributed by atoms with van der Waals surface area (Å²) < 4.78 is 0. The number of carbonyl (C=O) groups excluding carboxylic acids is 1. The molecule has 0 aromatic heterocycles. The lowest BCUT2D eigenvalue weighted by Crippen LogP contribution is -2.46. The van der Waals surface area contributed by atoms with Crippen LogP contribution in [0, 0.1) is 23.7 Å². The predicted molar refractivity (Wildman–Crippen MR) is 78.2 cm³/mol. The minimum atomic E-state index is -0.130. The molecule has 20 heavy (non-hydrogen) atoms. The van der Waals surface area contributed by atoms with Gasteiger partial charge in [-0.15, -0.1) is 0 Å². The van der Waals surface area contributed by atoms with Crippen molar-refractivity contribution in [3.63, 3.8) is 0 Å². The van der Waals surface area contributed by atoms with Crippen LogP contribution in [0.5, 0.6) is 0 Å². The van der Waals surface area contributed by atoms with Gasteiger partial charge in [-0.05, 0) is 37.0 Å². The van der Waals surface area contributed by atoms with E-state index in [1.807, 2.05) is 0 Å². The fourth-order valence-corrected chi connectivity index (χ4v) is 4.62. The van der Waals surface area contributed by atoms with Crippen LogP contribution in [0.3, 0.4) is 0 Å². The minimum Gasteiger partial charge on any atom is -0.393 e. The van der Waals surface area contributed by atoms with Crippen molar-refractivity contribution in [2.75, 3.05) is 32.7 Å². The highest BCUT2D eigenvalue weighted by Gasteiger charge is 2.42. The van der Waals surface area contributed by atoms with Gasteiger partial charge in [0.15, 0.2) is 0 Å². The molecule has 1 amide bonds. The topological polar surface area (TPSA) is 43.8 Å². The third kappa shape index (κ3) is 2.86. The van der Waals surface area contributed by atoms with Gasteiger partial charge >= 0.3 is 0 Å². The first-order valence-electron chi connectivity index (χ1n) is 8.21. The van der Waals surface area contributed by atoms with Crippen LogP contribution in [0.25, 0.3) is 0 Å². The zero-order valence-corrected chi connectivity index (χ0v) is 12.8. The van der Waals surface area contributed by atoms with E-state index >= 15 is 0 Å². The molecule has 2 aliphatic heterocycles. The van der Waals surface area contributed by atoms with Crippen LogP contribution in [0.2, 0.25) is 0 Å². The first kappa shape index (κ1) is 14.3. The van der Waals surface area contributed by atoms with Crippen molar-refractivity contribution in [3.8, 4) is 0 Å². The summed E-state index contributed by atoms with van der Waals surface area (Å²) in [7, 11) is 0. The molecule has 0 aromatic rings. The maximum atomic E-state index is 12.5. The highest BCUT2D eigenvalue weighted by atomic mass is 16.3. The van der Waals surface area contributed by atoms with Gasteiger partial charge in [-0.25, -0.2) is 0 Å². The molecule has 3 fully saturated rings. The predicted octanol–water partition coefficient (Wildman–Crippen LogP) is 1.19. The van der Waals surface area contributed by atoms with Gasteiger partial charge in [0.25, 0.3) is 0 Å². The lowest BCUT2D eigenvalue weighted by atomic mass is 9.92. The van der Waals surface area contributed by atoms with Crippen molar-refractivity contribution in [2.45, 2.75) is 39.2 Å². The molecule has 114 valence electrons. The number of piperidine rings is 1. The van der Waals surface area contributed by atoms with E-state index in [1.165, 1.54) is 6.42 Å². The quantitative estimate of drug-likeness (QED) is 0.826. The molecule has 3 aliphatic rings. The molecule has 4 heteroatoms. The lowest BCUT2D eigenvalue weighted by Gasteiger charge is -2.36. The molecule has 1 aliphatic carbocycles. The van der Waals surface area contributed by atoms with Gasteiger partial charge in [0.05, 0.1) is 12.6 Å². The summed E-state index contributed by atoms with van der Waals surface area (Å²) in [6, 6.07) is 0. The fraction of sp³-hybridized carbons (Fsp3) is 0.938. The van der Waals surface area contributed by atoms with Crippen molar-refractivity contribution in [2.24, 2.45) is 23.7 Å². The summed E-state index contributed by atoms with van der Waals surface area (Å²) in [6.45, 7) is 8.81. The summed E-state index contributed by atoms with van der Waals surface area (Å²) in [4.78, 5) is 16.8. The number of aliphatic hydroxyl groups is 1. The van der Waals surface area contributed by atoms with Crippen molar-refractivity contribution < 1.29 is 9.90 Å². The number of hydrogen-bond acceptors (Lipinski definition) is 3. The number of nitrogens with zero attached hydrogens (tertiary/aromatic N) is 2. The molecule has 5 atom stereocenters. The molecule has 2 heterocycles. The Morgan fingerprint density at radius 1 is 1.10 bits per heavy atom. The Morgan fingerprint density at radius 2 is 1.80 bits per heavy atom. The van der Waals surface area contributed by atoms with Crippen LogP contribution in [-0.4, -0.2) is 59.6 Å². The molecule has 5 unspecified atom stereocenters. The first-order chi connectivity index (χ1) is 9.52. The third-order valence-corrected chi connectivity index (χ3v) is 5.48. The molecule has 2 saturated heterocycles. The highest BCUT2D eigenvalue weighted by molar-refractivity contribution is 5.78. The maximum absolute atomic E-state index is 12.5. The van der Waals surface area contributed by atoms with E-state index in [4.69, 9.17) is 0 Å². The fourth-order valence-electron chi connectivity index (χ4n) is 4.62. The van der Waals surface area contributed by atoms with E-state index in [0.717, 1.165) is 39.0 Å². The summed E-state index contributed by atoms with van der Waals surface area (Å²) in [5.74, 6) is 2.59. The second kappa shape index (κ2) is 5.64. The van der Waals surface area contributed by atoms with Gasteiger partial charge in [0, 0.05) is 32.1 Å². The van der Waals surface area contributed by atoms with Crippen molar-refractivity contribution in [1.82, 2.24) is 9.80 Å². The van der Waals surface area contributed by atoms with Crippen molar-refractivity contribution >= 4 is 5.91 Å². The average Bonchev–Trinajstić information content (AvgIpc) is 2.91. The van der Waals surface area contributed by atoms with Crippen molar-refractivity contribution in [3.05, 3.63) is 0 Å². The molecule has 1 saturated carbocycles. The van der Waals surface area contributed by atoms with Gasteiger partial charge in [-0.2, -0.15) is 0 Å². The maximum Gasteiger partial charge on any atom is 0.236 e. The number of hydrogen-bond donors (Lipinski definition) is 1. The Kier molecular flexibility index (Phi) is 4.04. The number of amides is 1. The second-order valence-electron chi connectivity index (χ2n) is 7.51. The molecule has 0 bridgehead atoms. The monoisotopic (exact) mass is 280 g/mol. The van der Waals surface area contributed by atoms with Crippen LogP contribution in [-0.2, 0) is 4.79 Å². The van der Waals surface area contributed by atoms with E-state index in [0.29, 0.717) is 30.2 Å². The highest BCUT2D eigenvalue weighted by Crippen LogP contribution is 2.38. The number of likely N-dealkylation sites (tertiary alicyclic amines) is 2. The summed E-state index contributed by atoms with van der Waals surface area (Å²) in [5.41, 5.74) is 0. The van der Waals surface area contributed by atoms with Crippen LogP contribution in [0.15, 0.2) is 0 Å². The van der Waals surface area contributed by atoms with Crippen LogP contribution in [0.4, 0.5) is 0 Å². The SMILES string of the molecule is CC1CC(C)CN(C(=O)CN2CC3CCC(O)C3C2)C1. The largest absolute Gasteiger partial charge is 0.393 e. The molecule has 0 spiro atoms. The van der Waals surface area contributed by atoms with Crippen LogP contribution >= 0.6 is 0 Å². The van der Waals surface area contributed by atoms with Gasteiger partial charge in [-0.1, -0.05) is 13.8 Å². The number of rotatable bonds is 2. The summed E-state index contributed by atoms with van der Waals surface area (Å²) in [6.07, 6.45) is 3.20. The molecular weight excluding hydrogens is 252 g/mol. The van der Waals surface area contributed by atoms with Crippen molar-refractivity contribution in [1.29, 1.82) is 0 Å². The number of aliphatic hydroxyl groups excluding tert-OH is 1. The smallest absolute Gasteiger partial charge is 0.236 e. The number of carbonyl (C=O) groups is 1. The van der Waals surface area contributed by atoms with E-state index in [9.17, 15) is 9.90 Å². The molecule has 0 aromatic carbocycles. The molecule has 4 nitrogen and oxygen atoms in total. The van der Waals surface area contributed by atoms with Gasteiger partial charge < -0.3 is 10.0 Å². The first-order valence-corrected chi connectivity index (χ1v) is 8.21. The molecule has 0 radical (unpaired) electrons. The Balaban J connectivity index is 1.52. The summed E-state index contributed by atoms with van der Waals surface area (Å²) in [5, 5.41) is 9.95. The van der Waals surface area contributed by atoms with Crippen LogP contribution < -0.4 is 0 Å². The van der Waals surface area contributed by atoms with E-state index in [1.54, 1.807) is 0 Å². The Labute approximate surface area is 122 Å². The van der Waals surface area contributed by atoms with E-state index in [2.05, 4.69) is 23.6 Å². The Bertz CT molecular complexity index is 363. The number of fused-ring (bicyclic) bond motifs is 1. The summed E-state index contributed by atoms with van der Waals surface area (Å²) >= 11 is 0. The molecule has 1 N–H and O–H groups in total. The Morgan fingerprint density at radius 3 is 2.45 bits per heavy atom. The normalized spacial score (nSPS) is 42.0. The zero-order valence-electron chi connectivity index (χ0n) is 12.8. The standard InChI is InChI=1S/C16H28N2O2/c1-11-5-12(2)7-18(6-11)16(20)10-17-8-13-3-4-15(19)14(13)9-17/h11-15,19H,3-10H2,1-2H3.